The fourth-order valence-corrected chi connectivity index (χ4v) is 3.02. The zero-order chi connectivity index (χ0) is 15.9. The van der Waals surface area contributed by atoms with Gasteiger partial charge in [-0.15, -0.1) is 0 Å². The Morgan fingerprint density at radius 2 is 1.77 bits per heavy atom. The van der Waals surface area contributed by atoms with Crippen molar-refractivity contribution in [2.45, 2.75) is 38.0 Å². The summed E-state index contributed by atoms with van der Waals surface area (Å²) in [4.78, 5) is 12.3. The molecule has 22 heavy (non-hydrogen) atoms. The Bertz CT molecular complexity index is 470. The van der Waals surface area contributed by atoms with Crippen molar-refractivity contribution in [3.63, 3.8) is 0 Å². The van der Waals surface area contributed by atoms with E-state index in [0.717, 1.165) is 30.7 Å². The molecule has 0 unspecified atom stereocenters. The smallest absolute Gasteiger partial charge is 0.177 e. The maximum absolute atomic E-state index is 12.3. The van der Waals surface area contributed by atoms with Crippen molar-refractivity contribution in [3.8, 4) is 5.75 Å². The Balaban J connectivity index is 2.17. The summed E-state index contributed by atoms with van der Waals surface area (Å²) in [5, 5.41) is 3.41. The van der Waals surface area contributed by atoms with E-state index < -0.39 is 6.29 Å². The minimum Gasteiger partial charge on any atom is -0.497 e. The van der Waals surface area contributed by atoms with Crippen LogP contribution in [-0.4, -0.2) is 39.4 Å². The first-order valence-corrected chi connectivity index (χ1v) is 7.68. The zero-order valence-electron chi connectivity index (χ0n) is 13.5. The van der Waals surface area contributed by atoms with Gasteiger partial charge in [-0.25, -0.2) is 0 Å². The van der Waals surface area contributed by atoms with Crippen LogP contribution in [0.4, 0.5) is 5.69 Å². The van der Waals surface area contributed by atoms with E-state index in [4.69, 9.17) is 14.2 Å². The standard InChI is InChI=1S/C17H25NO4/c1-20-13-10-8-12(9-11-13)18-16(17(21-2)22-3)14-6-4-5-7-15(14)19/h8-11,14,16-18H,4-7H2,1-3H3/t14-,16+/m0/s1. The number of anilines is 1. The topological polar surface area (TPSA) is 56.8 Å². The van der Waals surface area contributed by atoms with Gasteiger partial charge in [0.25, 0.3) is 0 Å². The van der Waals surface area contributed by atoms with Crippen molar-refractivity contribution in [3.05, 3.63) is 24.3 Å². The van der Waals surface area contributed by atoms with Crippen LogP contribution in [-0.2, 0) is 14.3 Å². The molecule has 1 fully saturated rings. The van der Waals surface area contributed by atoms with Crippen LogP contribution in [0, 0.1) is 5.92 Å². The van der Waals surface area contributed by atoms with Gasteiger partial charge in [0, 0.05) is 32.2 Å². The molecular weight excluding hydrogens is 282 g/mol. The third-order valence-electron chi connectivity index (χ3n) is 4.22. The molecule has 1 aromatic carbocycles. The summed E-state index contributed by atoms with van der Waals surface area (Å²) in [5.74, 6) is 1.00. The van der Waals surface area contributed by atoms with Crippen LogP contribution in [0.1, 0.15) is 25.7 Å². The van der Waals surface area contributed by atoms with Crippen LogP contribution in [0.25, 0.3) is 0 Å². The number of hydrogen-bond donors (Lipinski definition) is 1. The predicted molar refractivity (Wildman–Crippen MR) is 85.2 cm³/mol. The van der Waals surface area contributed by atoms with Gasteiger partial charge in [-0.05, 0) is 37.1 Å². The molecule has 0 heterocycles. The second-order valence-corrected chi connectivity index (χ2v) is 5.56. The first-order valence-electron chi connectivity index (χ1n) is 7.68. The predicted octanol–water partition coefficient (Wildman–Crippen LogP) is 2.85. The number of methoxy groups -OCH3 is 3. The van der Waals surface area contributed by atoms with E-state index >= 15 is 0 Å². The third-order valence-corrected chi connectivity index (χ3v) is 4.22. The molecular formula is C17H25NO4. The van der Waals surface area contributed by atoms with Crippen LogP contribution in [0.3, 0.4) is 0 Å². The maximum Gasteiger partial charge on any atom is 0.177 e. The normalized spacial score (nSPS) is 20.0. The quantitative estimate of drug-likeness (QED) is 0.785. The number of hydrogen-bond acceptors (Lipinski definition) is 5. The number of ketones is 1. The van der Waals surface area contributed by atoms with Crippen LogP contribution >= 0.6 is 0 Å². The Morgan fingerprint density at radius 3 is 2.32 bits per heavy atom. The van der Waals surface area contributed by atoms with E-state index in [9.17, 15) is 4.79 Å². The Morgan fingerprint density at radius 1 is 1.09 bits per heavy atom. The van der Waals surface area contributed by atoms with Gasteiger partial charge in [0.05, 0.1) is 13.2 Å². The van der Waals surface area contributed by atoms with Gasteiger partial charge in [0.15, 0.2) is 6.29 Å². The fraction of sp³-hybridized carbons (Fsp3) is 0.588. The lowest BCUT2D eigenvalue weighted by molar-refractivity contribution is -0.140. The zero-order valence-corrected chi connectivity index (χ0v) is 13.5. The summed E-state index contributed by atoms with van der Waals surface area (Å²) in [5.41, 5.74) is 0.920. The molecule has 0 aliphatic heterocycles. The van der Waals surface area contributed by atoms with Crippen LogP contribution in [0.5, 0.6) is 5.75 Å². The lowest BCUT2D eigenvalue weighted by Crippen LogP contribution is -2.46. The van der Waals surface area contributed by atoms with Crippen molar-refractivity contribution >= 4 is 11.5 Å². The van der Waals surface area contributed by atoms with Crippen molar-refractivity contribution in [2.75, 3.05) is 26.6 Å². The van der Waals surface area contributed by atoms with E-state index in [0.29, 0.717) is 6.42 Å². The number of benzene rings is 1. The summed E-state index contributed by atoms with van der Waals surface area (Å²) < 4.78 is 16.0. The molecule has 5 nitrogen and oxygen atoms in total. The Kier molecular flexibility index (Phi) is 6.21. The third kappa shape index (κ3) is 3.99. The first kappa shape index (κ1) is 16.8. The molecule has 1 aliphatic carbocycles. The maximum atomic E-state index is 12.3. The van der Waals surface area contributed by atoms with Gasteiger partial charge in [0.2, 0.25) is 0 Å². The molecule has 122 valence electrons. The Hall–Kier alpha value is -1.59. The number of carbonyl (C=O) groups excluding carboxylic acids is 1. The largest absolute Gasteiger partial charge is 0.497 e. The van der Waals surface area contributed by atoms with Crippen molar-refractivity contribution in [2.24, 2.45) is 5.92 Å². The van der Waals surface area contributed by atoms with Gasteiger partial charge in [0.1, 0.15) is 11.5 Å². The molecule has 0 saturated heterocycles. The number of Topliss-reactive ketones (excluding diaryl/α,β-unsaturated/α-hetero) is 1. The number of rotatable bonds is 7. The van der Waals surface area contributed by atoms with Gasteiger partial charge >= 0.3 is 0 Å². The van der Waals surface area contributed by atoms with Crippen molar-refractivity contribution in [1.29, 1.82) is 0 Å². The molecule has 2 rings (SSSR count). The molecule has 0 bridgehead atoms. The summed E-state index contributed by atoms with van der Waals surface area (Å²) in [7, 11) is 4.84. The minimum absolute atomic E-state index is 0.0826. The van der Waals surface area contributed by atoms with Crippen LogP contribution < -0.4 is 10.1 Å². The van der Waals surface area contributed by atoms with Crippen LogP contribution in [0.15, 0.2) is 24.3 Å². The second-order valence-electron chi connectivity index (χ2n) is 5.56. The van der Waals surface area contributed by atoms with Crippen molar-refractivity contribution < 1.29 is 19.0 Å². The van der Waals surface area contributed by atoms with Gasteiger partial charge in [-0.1, -0.05) is 6.42 Å². The number of carbonyl (C=O) groups is 1. The highest BCUT2D eigenvalue weighted by molar-refractivity contribution is 5.82. The molecule has 2 atom stereocenters. The van der Waals surface area contributed by atoms with E-state index in [1.807, 2.05) is 24.3 Å². The summed E-state index contributed by atoms with van der Waals surface area (Å²) >= 11 is 0. The Labute approximate surface area is 131 Å². The van der Waals surface area contributed by atoms with E-state index in [1.165, 1.54) is 0 Å². The van der Waals surface area contributed by atoms with E-state index in [1.54, 1.807) is 21.3 Å². The van der Waals surface area contributed by atoms with Crippen molar-refractivity contribution in [1.82, 2.24) is 0 Å². The average Bonchev–Trinajstić information content (AvgIpc) is 2.56. The fourth-order valence-electron chi connectivity index (χ4n) is 3.02. The molecule has 1 N–H and O–H groups in total. The van der Waals surface area contributed by atoms with Gasteiger partial charge in [-0.3, -0.25) is 4.79 Å². The summed E-state index contributed by atoms with van der Waals surface area (Å²) in [6.07, 6.45) is 3.10. The summed E-state index contributed by atoms with van der Waals surface area (Å²) in [6.45, 7) is 0. The molecule has 0 spiro atoms. The lowest BCUT2D eigenvalue weighted by Gasteiger charge is -2.34. The highest BCUT2D eigenvalue weighted by Gasteiger charge is 2.35. The molecule has 0 aromatic heterocycles. The molecule has 1 aromatic rings. The SMILES string of the molecule is COc1ccc(N[C@@H](C(OC)OC)[C@H]2CCCCC2=O)cc1. The number of nitrogens with one attached hydrogen (secondary N) is 1. The molecule has 0 radical (unpaired) electrons. The summed E-state index contributed by atoms with van der Waals surface area (Å²) in [6, 6.07) is 7.44. The lowest BCUT2D eigenvalue weighted by atomic mass is 9.82. The van der Waals surface area contributed by atoms with E-state index in [-0.39, 0.29) is 17.7 Å². The minimum atomic E-state index is -0.464. The van der Waals surface area contributed by atoms with Gasteiger partial charge in [-0.2, -0.15) is 0 Å². The molecule has 5 heteroatoms. The first-order chi connectivity index (χ1) is 10.7. The molecule has 1 saturated carbocycles. The monoisotopic (exact) mass is 307 g/mol. The highest BCUT2D eigenvalue weighted by atomic mass is 16.7. The van der Waals surface area contributed by atoms with Crippen LogP contribution in [0.2, 0.25) is 0 Å². The average molecular weight is 307 g/mol. The van der Waals surface area contributed by atoms with E-state index in [2.05, 4.69) is 5.32 Å². The number of ether oxygens (including phenoxy) is 3. The van der Waals surface area contributed by atoms with Gasteiger partial charge < -0.3 is 19.5 Å². The molecule has 1 aliphatic rings. The molecule has 0 amide bonds. The second kappa shape index (κ2) is 8.15. The highest BCUT2D eigenvalue weighted by Crippen LogP contribution is 2.29.